The number of methoxy groups -OCH3 is 1. The molecule has 0 aliphatic heterocycles. The first kappa shape index (κ1) is 19.3. The molecule has 0 saturated heterocycles. The Morgan fingerprint density at radius 2 is 2.14 bits per heavy atom. The molecule has 0 saturated carbocycles. The number of nitrogens with zero attached hydrogens (tertiary/aromatic N) is 2. The Bertz CT molecular complexity index is 1090. The number of ether oxygens (including phenoxy) is 1. The summed E-state index contributed by atoms with van der Waals surface area (Å²) in [5, 5.41) is 11.7. The van der Waals surface area contributed by atoms with Gasteiger partial charge in [-0.2, -0.15) is 5.26 Å². The van der Waals surface area contributed by atoms with Crippen LogP contribution >= 0.6 is 11.8 Å². The van der Waals surface area contributed by atoms with Crippen LogP contribution in [0.15, 0.2) is 57.0 Å². The molecule has 8 nitrogen and oxygen atoms in total. The highest BCUT2D eigenvalue weighted by Crippen LogP contribution is 2.27. The third kappa shape index (κ3) is 4.07. The van der Waals surface area contributed by atoms with Gasteiger partial charge in [-0.1, -0.05) is 23.9 Å². The molecule has 9 heteroatoms. The number of aromatic nitrogens is 2. The lowest BCUT2D eigenvalue weighted by Crippen LogP contribution is -2.24. The first-order valence-electron chi connectivity index (χ1n) is 8.22. The van der Waals surface area contributed by atoms with Crippen LogP contribution in [0.2, 0.25) is 0 Å². The number of anilines is 1. The van der Waals surface area contributed by atoms with Crippen molar-refractivity contribution in [1.29, 1.82) is 5.26 Å². The van der Waals surface area contributed by atoms with Crippen molar-refractivity contribution < 1.29 is 13.9 Å². The average molecular weight is 396 g/mol. The van der Waals surface area contributed by atoms with Crippen molar-refractivity contribution in [2.45, 2.75) is 17.3 Å². The lowest BCUT2D eigenvalue weighted by atomic mass is 10.2. The predicted octanol–water partition coefficient (Wildman–Crippen LogP) is 3.03. The van der Waals surface area contributed by atoms with E-state index in [0.29, 0.717) is 17.2 Å². The average Bonchev–Trinajstić information content (AvgIpc) is 3.22. The Balaban J connectivity index is 1.82. The van der Waals surface area contributed by atoms with Gasteiger partial charge < -0.3 is 19.5 Å². The fourth-order valence-corrected chi connectivity index (χ4v) is 3.20. The summed E-state index contributed by atoms with van der Waals surface area (Å²) in [7, 11) is 1.52. The number of amides is 1. The fraction of sp³-hybridized carbons (Fsp3) is 0.158. The summed E-state index contributed by atoms with van der Waals surface area (Å²) in [5.41, 5.74) is -0.0646. The predicted molar refractivity (Wildman–Crippen MR) is 104 cm³/mol. The number of furan rings is 1. The van der Waals surface area contributed by atoms with Crippen molar-refractivity contribution in [1.82, 2.24) is 9.97 Å². The van der Waals surface area contributed by atoms with Gasteiger partial charge >= 0.3 is 0 Å². The number of rotatable bonds is 6. The van der Waals surface area contributed by atoms with Crippen LogP contribution in [0.1, 0.15) is 12.5 Å². The van der Waals surface area contributed by atoms with E-state index in [0.717, 1.165) is 11.8 Å². The number of hydrogen-bond acceptors (Lipinski definition) is 7. The topological polar surface area (TPSA) is 121 Å². The second-order valence-corrected chi connectivity index (χ2v) is 6.96. The Morgan fingerprint density at radius 3 is 2.82 bits per heavy atom. The van der Waals surface area contributed by atoms with Gasteiger partial charge in [-0.3, -0.25) is 9.59 Å². The van der Waals surface area contributed by atoms with Gasteiger partial charge in [0.05, 0.1) is 24.3 Å². The van der Waals surface area contributed by atoms with Gasteiger partial charge in [0.25, 0.3) is 5.56 Å². The van der Waals surface area contributed by atoms with Crippen LogP contribution in [0.4, 0.5) is 5.69 Å². The lowest BCUT2D eigenvalue weighted by Gasteiger charge is -2.14. The van der Waals surface area contributed by atoms with Crippen LogP contribution < -0.4 is 15.6 Å². The van der Waals surface area contributed by atoms with Crippen molar-refractivity contribution in [2.75, 3.05) is 12.4 Å². The minimum absolute atomic E-state index is 0.135. The van der Waals surface area contributed by atoms with E-state index >= 15 is 0 Å². The minimum Gasteiger partial charge on any atom is -0.495 e. The summed E-state index contributed by atoms with van der Waals surface area (Å²) < 4.78 is 10.5. The molecule has 0 bridgehead atoms. The van der Waals surface area contributed by atoms with Gasteiger partial charge in [-0.25, -0.2) is 4.98 Å². The van der Waals surface area contributed by atoms with Crippen LogP contribution in [-0.2, 0) is 4.79 Å². The molecule has 1 aromatic carbocycles. The van der Waals surface area contributed by atoms with Crippen molar-refractivity contribution in [2.24, 2.45) is 0 Å². The number of carbonyl (C=O) groups excluding carboxylic acids is 1. The number of hydrogen-bond donors (Lipinski definition) is 2. The van der Waals surface area contributed by atoms with Gasteiger partial charge in [-0.05, 0) is 31.2 Å². The van der Waals surface area contributed by atoms with Crippen molar-refractivity contribution >= 4 is 23.4 Å². The number of para-hydroxylation sites is 2. The van der Waals surface area contributed by atoms with Crippen molar-refractivity contribution in [3.63, 3.8) is 0 Å². The summed E-state index contributed by atoms with van der Waals surface area (Å²) >= 11 is 1.06. The summed E-state index contributed by atoms with van der Waals surface area (Å²) in [6.07, 6.45) is 1.43. The number of thioether (sulfide) groups is 1. The molecule has 2 aromatic heterocycles. The maximum absolute atomic E-state index is 12.5. The highest BCUT2D eigenvalue weighted by Gasteiger charge is 2.20. The molecule has 1 amide bonds. The summed E-state index contributed by atoms with van der Waals surface area (Å²) in [6, 6.07) is 12.1. The summed E-state index contributed by atoms with van der Waals surface area (Å²) in [5.74, 6) is 0.551. The number of carbonyl (C=O) groups is 1. The van der Waals surface area contributed by atoms with Crippen LogP contribution in [0.5, 0.6) is 5.75 Å². The molecule has 28 heavy (non-hydrogen) atoms. The van der Waals surface area contributed by atoms with Gasteiger partial charge in [0.15, 0.2) is 10.9 Å². The van der Waals surface area contributed by atoms with Crippen LogP contribution in [0.3, 0.4) is 0 Å². The standard InChI is InChI=1S/C19H16N4O4S/c1-11(17(24)21-13-6-3-4-7-14(13)26-2)28-19-22-16(15-8-5-9-27-15)12(10-20)18(25)23-19/h3-9,11H,1-2H3,(H,21,24)(H,22,23,25). The number of nitriles is 1. The number of aromatic amines is 1. The molecule has 0 fully saturated rings. The van der Waals surface area contributed by atoms with Crippen molar-refractivity contribution in [3.8, 4) is 23.3 Å². The minimum atomic E-state index is -0.594. The highest BCUT2D eigenvalue weighted by atomic mass is 32.2. The third-order valence-electron chi connectivity index (χ3n) is 3.79. The number of H-pyrrole nitrogens is 1. The first-order valence-corrected chi connectivity index (χ1v) is 9.10. The molecule has 2 N–H and O–H groups in total. The van der Waals surface area contributed by atoms with Gasteiger partial charge in [0, 0.05) is 0 Å². The van der Waals surface area contributed by atoms with Crippen molar-refractivity contribution in [3.05, 3.63) is 58.6 Å². The molecule has 142 valence electrons. The Kier molecular flexibility index (Phi) is 5.81. The highest BCUT2D eigenvalue weighted by molar-refractivity contribution is 8.00. The molecule has 2 heterocycles. The monoisotopic (exact) mass is 396 g/mol. The first-order chi connectivity index (χ1) is 13.5. The zero-order chi connectivity index (χ0) is 20.1. The zero-order valence-electron chi connectivity index (χ0n) is 15.1. The molecule has 0 spiro atoms. The van der Waals surface area contributed by atoms with E-state index in [1.165, 1.54) is 13.4 Å². The van der Waals surface area contributed by atoms with Crippen LogP contribution in [-0.4, -0.2) is 28.2 Å². The van der Waals surface area contributed by atoms with E-state index < -0.39 is 10.8 Å². The van der Waals surface area contributed by atoms with E-state index in [-0.39, 0.29) is 22.3 Å². The van der Waals surface area contributed by atoms with E-state index in [1.807, 2.05) is 6.07 Å². The lowest BCUT2D eigenvalue weighted by molar-refractivity contribution is -0.115. The largest absolute Gasteiger partial charge is 0.495 e. The molecule has 0 aliphatic carbocycles. The molecule has 1 unspecified atom stereocenters. The summed E-state index contributed by atoms with van der Waals surface area (Å²) in [4.78, 5) is 31.6. The molecule has 1 atom stereocenters. The van der Waals surface area contributed by atoms with Crippen LogP contribution in [0, 0.1) is 11.3 Å². The molecular weight excluding hydrogens is 380 g/mol. The molecular formula is C19H16N4O4S. The van der Waals surface area contributed by atoms with E-state index in [9.17, 15) is 14.9 Å². The molecule has 3 aromatic rings. The SMILES string of the molecule is COc1ccccc1NC(=O)C(C)Sc1nc(-c2ccco2)c(C#N)c(=O)[nH]1. The van der Waals surface area contributed by atoms with Gasteiger partial charge in [0.1, 0.15) is 23.1 Å². The Labute approximate surface area is 164 Å². The van der Waals surface area contributed by atoms with E-state index in [1.54, 1.807) is 43.3 Å². The Hall–Kier alpha value is -3.51. The smallest absolute Gasteiger partial charge is 0.270 e. The second kappa shape index (κ2) is 8.45. The normalized spacial score (nSPS) is 11.5. The zero-order valence-corrected chi connectivity index (χ0v) is 15.9. The van der Waals surface area contributed by atoms with Crippen LogP contribution in [0.25, 0.3) is 11.5 Å². The number of nitrogens with one attached hydrogen (secondary N) is 2. The van der Waals surface area contributed by atoms with Gasteiger partial charge in [0.2, 0.25) is 5.91 Å². The quantitative estimate of drug-likeness (QED) is 0.485. The molecule has 3 rings (SSSR count). The molecule has 0 radical (unpaired) electrons. The fourth-order valence-electron chi connectivity index (χ4n) is 2.41. The van der Waals surface area contributed by atoms with E-state index in [2.05, 4.69) is 15.3 Å². The maximum atomic E-state index is 12.5. The maximum Gasteiger partial charge on any atom is 0.270 e. The third-order valence-corrected chi connectivity index (χ3v) is 4.77. The molecule has 0 aliphatic rings. The second-order valence-electron chi connectivity index (χ2n) is 5.63. The number of benzene rings is 1. The Morgan fingerprint density at radius 1 is 1.36 bits per heavy atom. The van der Waals surface area contributed by atoms with E-state index in [4.69, 9.17) is 9.15 Å². The van der Waals surface area contributed by atoms with Gasteiger partial charge in [-0.15, -0.1) is 0 Å². The summed E-state index contributed by atoms with van der Waals surface area (Å²) in [6.45, 7) is 1.68.